The zero-order valence-electron chi connectivity index (χ0n) is 25.5. The Hall–Kier alpha value is -1.82. The molecule has 0 saturated heterocycles. The van der Waals surface area contributed by atoms with Gasteiger partial charge in [0.05, 0.1) is 19.5 Å². The number of unbranched alkanes of at least 4 members (excludes halogenated alkanes) is 13. The van der Waals surface area contributed by atoms with Crippen molar-refractivity contribution in [3.8, 4) is 0 Å². The Balaban J connectivity index is 1.43. The summed E-state index contributed by atoms with van der Waals surface area (Å²) in [5, 5.41) is 9.67. The van der Waals surface area contributed by atoms with E-state index in [1.807, 2.05) is 0 Å². The summed E-state index contributed by atoms with van der Waals surface area (Å²) in [6, 6.07) is 0. The number of rotatable bonds is 27. The molecule has 0 amide bonds. The van der Waals surface area contributed by atoms with Crippen molar-refractivity contribution in [2.24, 2.45) is 5.92 Å². The average molecular weight is 616 g/mol. The van der Waals surface area contributed by atoms with Gasteiger partial charge in [-0.1, -0.05) is 90.4 Å². The topological polar surface area (TPSA) is 175 Å². The first-order chi connectivity index (χ1) is 20.4. The van der Waals surface area contributed by atoms with E-state index in [1.165, 1.54) is 89.8 Å². The molecular weight excluding hydrogens is 561 g/mol. The summed E-state index contributed by atoms with van der Waals surface area (Å²) in [5.41, 5.74) is 5.67. The molecule has 0 aromatic carbocycles. The second-order valence-electron chi connectivity index (χ2n) is 11.1. The molecule has 2 rings (SSSR count). The minimum atomic E-state index is -4.25. The summed E-state index contributed by atoms with van der Waals surface area (Å²) in [6.45, 7) is 3.38. The summed E-state index contributed by atoms with van der Waals surface area (Å²) >= 11 is 0. The van der Waals surface area contributed by atoms with E-state index in [4.69, 9.17) is 19.5 Å². The number of nitrogens with one attached hydrogen (secondary N) is 1. The molecule has 2 unspecified atom stereocenters. The molecule has 0 aliphatic carbocycles. The third-order valence-electron chi connectivity index (χ3n) is 7.33. The number of nitrogen functional groups attached to an aromatic ring is 1. The number of phosphoric acid groups is 1. The third-order valence-corrected chi connectivity index (χ3v) is 8.32. The van der Waals surface area contributed by atoms with Gasteiger partial charge in [0.25, 0.3) is 5.56 Å². The Morgan fingerprint density at radius 1 is 0.929 bits per heavy atom. The van der Waals surface area contributed by atoms with E-state index in [9.17, 15) is 19.4 Å². The zero-order valence-corrected chi connectivity index (χ0v) is 26.4. The molecule has 13 heteroatoms. The SMILES string of the molecule is CCCCCCCCCCCCCCCCOCCCOP(=O)(O)OCC(CO)CCn1cnc2c(=O)[nH]c(N)nc21. The maximum atomic E-state index is 12.2. The highest BCUT2D eigenvalue weighted by atomic mass is 31.2. The van der Waals surface area contributed by atoms with E-state index < -0.39 is 19.3 Å². The van der Waals surface area contributed by atoms with Crippen LogP contribution in [-0.2, 0) is 24.9 Å². The molecule has 0 saturated carbocycles. The van der Waals surface area contributed by atoms with Crippen LogP contribution < -0.4 is 11.3 Å². The molecule has 0 spiro atoms. The first kappa shape index (κ1) is 36.4. The van der Waals surface area contributed by atoms with Crippen LogP contribution in [0.4, 0.5) is 5.95 Å². The van der Waals surface area contributed by atoms with Gasteiger partial charge in [-0.2, -0.15) is 4.98 Å². The Bertz CT molecular complexity index is 1080. The molecule has 0 aliphatic rings. The van der Waals surface area contributed by atoms with Gasteiger partial charge in [0.15, 0.2) is 11.2 Å². The van der Waals surface area contributed by atoms with Crippen LogP contribution in [0.1, 0.15) is 110 Å². The van der Waals surface area contributed by atoms with Crippen molar-refractivity contribution < 1.29 is 28.3 Å². The second-order valence-corrected chi connectivity index (χ2v) is 12.5. The van der Waals surface area contributed by atoms with Crippen LogP contribution in [0.3, 0.4) is 0 Å². The van der Waals surface area contributed by atoms with Crippen molar-refractivity contribution in [3.63, 3.8) is 0 Å². The Labute approximate surface area is 250 Å². The van der Waals surface area contributed by atoms with Gasteiger partial charge in [0.1, 0.15) is 0 Å². The molecule has 42 heavy (non-hydrogen) atoms. The van der Waals surface area contributed by atoms with E-state index >= 15 is 0 Å². The summed E-state index contributed by atoms with van der Waals surface area (Å²) in [7, 11) is -4.25. The van der Waals surface area contributed by atoms with E-state index in [0.29, 0.717) is 38.2 Å². The molecule has 2 heterocycles. The highest BCUT2D eigenvalue weighted by Crippen LogP contribution is 2.43. The van der Waals surface area contributed by atoms with Gasteiger partial charge >= 0.3 is 7.82 Å². The number of hydrogen-bond donors (Lipinski definition) is 4. The van der Waals surface area contributed by atoms with Crippen LogP contribution in [0.25, 0.3) is 11.2 Å². The van der Waals surface area contributed by atoms with Gasteiger partial charge in [0, 0.05) is 32.3 Å². The van der Waals surface area contributed by atoms with Crippen LogP contribution in [-0.4, -0.2) is 62.6 Å². The van der Waals surface area contributed by atoms with Crippen molar-refractivity contribution in [2.45, 2.75) is 116 Å². The van der Waals surface area contributed by atoms with Gasteiger partial charge in [-0.15, -0.1) is 0 Å². The highest BCUT2D eigenvalue weighted by molar-refractivity contribution is 7.47. The molecule has 2 atom stereocenters. The molecule has 5 N–H and O–H groups in total. The lowest BCUT2D eigenvalue weighted by Crippen LogP contribution is -2.17. The van der Waals surface area contributed by atoms with E-state index in [-0.39, 0.29) is 31.3 Å². The van der Waals surface area contributed by atoms with Gasteiger partial charge in [-0.05, 0) is 19.3 Å². The summed E-state index contributed by atoms with van der Waals surface area (Å²) in [6.07, 6.45) is 20.8. The van der Waals surface area contributed by atoms with Crippen LogP contribution >= 0.6 is 7.82 Å². The smallest absolute Gasteiger partial charge is 0.396 e. The molecule has 242 valence electrons. The number of nitrogens with two attached hydrogens (primary N) is 1. The maximum absolute atomic E-state index is 12.2. The fourth-order valence-corrected chi connectivity index (χ4v) is 5.60. The number of aromatic nitrogens is 4. The van der Waals surface area contributed by atoms with Crippen LogP contribution in [0, 0.1) is 5.92 Å². The van der Waals surface area contributed by atoms with Crippen LogP contribution in [0.15, 0.2) is 11.1 Å². The van der Waals surface area contributed by atoms with Crippen molar-refractivity contribution in [2.75, 3.05) is 38.8 Å². The van der Waals surface area contributed by atoms with Crippen molar-refractivity contribution in [1.29, 1.82) is 0 Å². The second kappa shape index (κ2) is 21.8. The van der Waals surface area contributed by atoms with E-state index in [2.05, 4.69) is 21.9 Å². The number of aliphatic hydroxyl groups excluding tert-OH is 1. The van der Waals surface area contributed by atoms with Crippen molar-refractivity contribution in [1.82, 2.24) is 19.5 Å². The maximum Gasteiger partial charge on any atom is 0.472 e. The number of nitrogens with zero attached hydrogens (tertiary/aromatic N) is 3. The van der Waals surface area contributed by atoms with Gasteiger partial charge < -0.3 is 25.0 Å². The molecule has 0 bridgehead atoms. The summed E-state index contributed by atoms with van der Waals surface area (Å²) in [5.74, 6) is -0.450. The number of phosphoric ester groups is 1. The van der Waals surface area contributed by atoms with Gasteiger partial charge in [-0.25, -0.2) is 9.55 Å². The molecular formula is C29H54N5O7P. The summed E-state index contributed by atoms with van der Waals surface area (Å²) in [4.78, 5) is 32.4. The first-order valence-electron chi connectivity index (χ1n) is 15.9. The number of H-pyrrole nitrogens is 1. The lowest BCUT2D eigenvalue weighted by Gasteiger charge is -2.17. The minimum Gasteiger partial charge on any atom is -0.396 e. The predicted molar refractivity (Wildman–Crippen MR) is 165 cm³/mol. The predicted octanol–water partition coefficient (Wildman–Crippen LogP) is 5.72. The van der Waals surface area contributed by atoms with Gasteiger partial charge in [0.2, 0.25) is 5.95 Å². The van der Waals surface area contributed by atoms with E-state index in [0.717, 1.165) is 6.42 Å². The molecule has 0 fully saturated rings. The fourth-order valence-electron chi connectivity index (χ4n) is 4.76. The Kier molecular flexibility index (Phi) is 18.9. The summed E-state index contributed by atoms with van der Waals surface area (Å²) < 4.78 is 29.6. The number of ether oxygens (including phenoxy) is 1. The Morgan fingerprint density at radius 3 is 2.14 bits per heavy atom. The standard InChI is InChI=1S/C29H54N5O7P/c1-2-3-4-5-6-7-8-9-10-11-12-13-14-15-19-39-20-16-21-40-42(37,38)41-23-25(22-35)17-18-34-24-31-26-27(34)32-29(30)33-28(26)36/h24-25,35H,2-23H2,1H3,(H,37,38)(H3,30,32,33,36). The first-order valence-corrected chi connectivity index (χ1v) is 17.4. The molecule has 12 nitrogen and oxygen atoms in total. The molecule has 0 aliphatic heterocycles. The van der Waals surface area contributed by atoms with Crippen LogP contribution in [0.2, 0.25) is 0 Å². The third kappa shape index (κ3) is 15.6. The highest BCUT2D eigenvalue weighted by Gasteiger charge is 2.23. The number of fused-ring (bicyclic) bond motifs is 1. The minimum absolute atomic E-state index is 0.0186. The number of imidazole rings is 1. The largest absolute Gasteiger partial charge is 0.472 e. The van der Waals surface area contributed by atoms with E-state index in [1.54, 1.807) is 4.57 Å². The normalized spacial score (nSPS) is 14.0. The van der Waals surface area contributed by atoms with Crippen molar-refractivity contribution in [3.05, 3.63) is 16.7 Å². The quantitative estimate of drug-likeness (QED) is 0.0718. The van der Waals surface area contributed by atoms with Crippen LogP contribution in [0.5, 0.6) is 0 Å². The molecule has 2 aromatic heterocycles. The average Bonchev–Trinajstić information content (AvgIpc) is 3.37. The number of aromatic amines is 1. The number of hydrogen-bond acceptors (Lipinski definition) is 9. The van der Waals surface area contributed by atoms with Crippen molar-refractivity contribution >= 4 is 24.9 Å². The lowest BCUT2D eigenvalue weighted by atomic mass is 10.0. The monoisotopic (exact) mass is 615 g/mol. The lowest BCUT2D eigenvalue weighted by molar-refractivity contribution is 0.0869. The molecule has 2 aromatic rings. The zero-order chi connectivity index (χ0) is 30.5. The number of aliphatic hydroxyl groups is 1. The Morgan fingerprint density at radius 2 is 1.52 bits per heavy atom. The van der Waals surface area contributed by atoms with Gasteiger partial charge in [-0.3, -0.25) is 18.8 Å². The fraction of sp³-hybridized carbons (Fsp3) is 0.828. The molecule has 0 radical (unpaired) electrons. The number of aryl methyl sites for hydroxylation is 1. The number of anilines is 1.